The topological polar surface area (TPSA) is 237 Å². The van der Waals surface area contributed by atoms with E-state index in [1.54, 1.807) is 0 Å². The van der Waals surface area contributed by atoms with E-state index >= 15 is 0 Å². The van der Waals surface area contributed by atoms with Gasteiger partial charge in [0.25, 0.3) is 0 Å². The van der Waals surface area contributed by atoms with Gasteiger partial charge in [0, 0.05) is 25.7 Å². The molecule has 0 spiro atoms. The van der Waals surface area contributed by atoms with Crippen molar-refractivity contribution in [3.05, 3.63) is 0 Å². The predicted molar refractivity (Wildman–Crippen MR) is 377 cm³/mol. The molecule has 0 aliphatic heterocycles. The number of hydrogen-bond donors (Lipinski definition) is 3. The Kier molecular flexibility index (Phi) is 64.6. The molecule has 0 amide bonds. The normalized spacial score (nSPS) is 14.1. The molecule has 0 aliphatic rings. The minimum absolute atomic E-state index is 0.106. The molecule has 0 fully saturated rings. The SMILES string of the molecule is CCCCCCCCCCCCCCCCCCCCC(=O)O[C@H](COC(=O)CCCCCCCCCCCCCCC(C)C)COP(=O)(O)OC[C@@H](O)COP(=O)(O)OC[C@@H](COC(=O)CCCCCCC)OC(=O)CCCCCCCCCCCCCCC(C)C. The van der Waals surface area contributed by atoms with Crippen molar-refractivity contribution in [1.29, 1.82) is 0 Å². The lowest BCUT2D eigenvalue weighted by Crippen LogP contribution is -2.30. The lowest BCUT2D eigenvalue weighted by atomic mass is 10.0. The Balaban J connectivity index is 5.14. The number of unbranched alkanes of at least 4 members (excludes halogenated alkanes) is 43. The molecule has 93 heavy (non-hydrogen) atoms. The van der Waals surface area contributed by atoms with Crippen LogP contribution in [0.25, 0.3) is 0 Å². The Bertz CT molecular complexity index is 1800. The lowest BCUT2D eigenvalue weighted by Gasteiger charge is -2.21. The highest BCUT2D eigenvalue weighted by Crippen LogP contribution is 2.45. The number of rotatable bonds is 73. The number of esters is 4. The van der Waals surface area contributed by atoms with Gasteiger partial charge >= 0.3 is 39.5 Å². The quantitative estimate of drug-likeness (QED) is 0.0222. The van der Waals surface area contributed by atoms with Crippen LogP contribution < -0.4 is 0 Å². The number of ether oxygens (including phenoxy) is 4. The Hall–Kier alpha value is -1.94. The number of carbonyl (C=O) groups excluding carboxylic acids is 4. The third-order valence-corrected chi connectivity index (χ3v) is 19.1. The van der Waals surface area contributed by atoms with Crippen LogP contribution in [-0.4, -0.2) is 96.7 Å². The monoisotopic (exact) mass is 1370 g/mol. The predicted octanol–water partition coefficient (Wildman–Crippen LogP) is 21.6. The summed E-state index contributed by atoms with van der Waals surface area (Å²) in [6.45, 7) is 9.52. The average molecular weight is 1370 g/mol. The Morgan fingerprint density at radius 3 is 0.731 bits per heavy atom. The van der Waals surface area contributed by atoms with Crippen LogP contribution in [0.1, 0.15) is 382 Å². The van der Waals surface area contributed by atoms with Gasteiger partial charge in [-0.25, -0.2) is 9.13 Å². The van der Waals surface area contributed by atoms with Crippen LogP contribution in [0.2, 0.25) is 0 Å². The van der Waals surface area contributed by atoms with Crippen LogP contribution in [0.15, 0.2) is 0 Å². The summed E-state index contributed by atoms with van der Waals surface area (Å²) in [5.74, 6) is -0.570. The van der Waals surface area contributed by atoms with Crippen LogP contribution >= 0.6 is 15.6 Å². The van der Waals surface area contributed by atoms with Crippen molar-refractivity contribution in [2.24, 2.45) is 11.8 Å². The summed E-state index contributed by atoms with van der Waals surface area (Å²) >= 11 is 0. The van der Waals surface area contributed by atoms with Crippen LogP contribution in [0.3, 0.4) is 0 Å². The first kappa shape index (κ1) is 91.1. The highest BCUT2D eigenvalue weighted by atomic mass is 31.2. The molecule has 19 heteroatoms. The number of phosphoric ester groups is 2. The second kappa shape index (κ2) is 66.0. The molecule has 2 unspecified atom stereocenters. The zero-order valence-electron chi connectivity index (χ0n) is 60.6. The standard InChI is InChI=1S/C74H144O17P2/c1-7-9-11-13-14-15-16-17-18-19-20-21-22-30-35-40-46-52-59-74(79)91-70(63-85-72(77)57-51-45-39-34-29-25-23-27-32-37-43-48-54-66(3)4)65-89-93(82,83)87-61-68(75)60-86-92(80,81)88-64-69(62-84-71(76)56-50-42-12-10-8-2)90-73(78)58-53-47-41-36-31-26-24-28-33-38-44-49-55-67(5)6/h66-70,75H,7-65H2,1-6H3,(H,80,81)(H,82,83)/t68-,69+,70+/m0/s1. The number of carbonyl (C=O) groups is 4. The molecule has 5 atom stereocenters. The van der Waals surface area contributed by atoms with E-state index in [-0.39, 0.29) is 25.7 Å². The van der Waals surface area contributed by atoms with E-state index in [1.165, 1.54) is 193 Å². The fourth-order valence-corrected chi connectivity index (χ4v) is 12.9. The lowest BCUT2D eigenvalue weighted by molar-refractivity contribution is -0.161. The van der Waals surface area contributed by atoms with Crippen LogP contribution in [0, 0.1) is 11.8 Å². The summed E-state index contributed by atoms with van der Waals surface area (Å²) in [6, 6.07) is 0. The molecule has 0 saturated heterocycles. The summed E-state index contributed by atoms with van der Waals surface area (Å²) in [5, 5.41) is 10.6. The van der Waals surface area contributed by atoms with Crippen LogP contribution in [0.4, 0.5) is 0 Å². The van der Waals surface area contributed by atoms with Crippen molar-refractivity contribution in [2.75, 3.05) is 39.6 Å². The van der Waals surface area contributed by atoms with E-state index < -0.39 is 97.5 Å². The highest BCUT2D eigenvalue weighted by molar-refractivity contribution is 7.47. The molecule has 0 rings (SSSR count). The summed E-state index contributed by atoms with van der Waals surface area (Å²) < 4.78 is 68.3. The third kappa shape index (κ3) is 68.4. The second-order valence-corrected chi connectivity index (χ2v) is 30.5. The summed E-state index contributed by atoms with van der Waals surface area (Å²) in [4.78, 5) is 72.5. The van der Waals surface area contributed by atoms with E-state index in [9.17, 15) is 43.2 Å². The van der Waals surface area contributed by atoms with Gasteiger partial charge in [0.05, 0.1) is 26.4 Å². The van der Waals surface area contributed by atoms with E-state index in [1.807, 2.05) is 0 Å². The van der Waals surface area contributed by atoms with Gasteiger partial charge in [-0.15, -0.1) is 0 Å². The zero-order chi connectivity index (χ0) is 68.6. The maximum Gasteiger partial charge on any atom is 0.472 e. The van der Waals surface area contributed by atoms with Gasteiger partial charge in [-0.3, -0.25) is 37.3 Å². The Labute approximate surface area is 568 Å². The van der Waals surface area contributed by atoms with Crippen LogP contribution in [-0.2, 0) is 65.4 Å². The van der Waals surface area contributed by atoms with Gasteiger partial charge in [0.15, 0.2) is 12.2 Å². The van der Waals surface area contributed by atoms with Crippen molar-refractivity contribution in [3.8, 4) is 0 Å². The minimum atomic E-state index is -4.95. The first-order valence-corrected chi connectivity index (χ1v) is 41.5. The van der Waals surface area contributed by atoms with E-state index in [2.05, 4.69) is 41.5 Å². The van der Waals surface area contributed by atoms with Crippen molar-refractivity contribution in [1.82, 2.24) is 0 Å². The number of hydrogen-bond acceptors (Lipinski definition) is 15. The molecule has 0 aromatic carbocycles. The fourth-order valence-electron chi connectivity index (χ4n) is 11.3. The minimum Gasteiger partial charge on any atom is -0.462 e. The maximum absolute atomic E-state index is 13.1. The number of phosphoric acid groups is 2. The fraction of sp³-hybridized carbons (Fsp3) is 0.946. The van der Waals surface area contributed by atoms with Crippen molar-refractivity contribution >= 4 is 39.5 Å². The molecule has 0 radical (unpaired) electrons. The van der Waals surface area contributed by atoms with E-state index in [4.69, 9.17) is 37.0 Å². The first-order chi connectivity index (χ1) is 44.9. The highest BCUT2D eigenvalue weighted by Gasteiger charge is 2.30. The van der Waals surface area contributed by atoms with Gasteiger partial charge in [-0.1, -0.05) is 330 Å². The summed E-state index contributed by atoms with van der Waals surface area (Å²) in [6.07, 6.45) is 53.1. The van der Waals surface area contributed by atoms with Crippen molar-refractivity contribution in [3.63, 3.8) is 0 Å². The molecule has 552 valence electrons. The van der Waals surface area contributed by atoms with E-state index in [0.29, 0.717) is 25.7 Å². The largest absolute Gasteiger partial charge is 0.472 e. The van der Waals surface area contributed by atoms with Crippen molar-refractivity contribution < 1.29 is 80.2 Å². The molecule has 17 nitrogen and oxygen atoms in total. The molecule has 0 aliphatic carbocycles. The summed E-state index contributed by atoms with van der Waals surface area (Å²) in [7, 11) is -9.90. The molecular weight excluding hydrogens is 1220 g/mol. The molecular formula is C74H144O17P2. The van der Waals surface area contributed by atoms with Crippen molar-refractivity contribution in [2.45, 2.75) is 400 Å². The Morgan fingerprint density at radius 2 is 0.495 bits per heavy atom. The molecule has 3 N–H and O–H groups in total. The van der Waals surface area contributed by atoms with Gasteiger partial charge in [0.1, 0.15) is 19.3 Å². The van der Waals surface area contributed by atoms with Gasteiger partial charge in [0.2, 0.25) is 0 Å². The van der Waals surface area contributed by atoms with Gasteiger partial charge < -0.3 is 33.8 Å². The zero-order valence-corrected chi connectivity index (χ0v) is 62.3. The average Bonchev–Trinajstić information content (AvgIpc) is 2.82. The maximum atomic E-state index is 13.1. The van der Waals surface area contributed by atoms with E-state index in [0.717, 1.165) is 108 Å². The van der Waals surface area contributed by atoms with Gasteiger partial charge in [-0.05, 0) is 37.5 Å². The first-order valence-electron chi connectivity index (χ1n) is 38.5. The summed E-state index contributed by atoms with van der Waals surface area (Å²) in [5.41, 5.74) is 0. The number of aliphatic hydroxyl groups is 1. The Morgan fingerprint density at radius 1 is 0.290 bits per heavy atom. The molecule has 0 bridgehead atoms. The third-order valence-electron chi connectivity index (χ3n) is 17.2. The molecule has 0 saturated carbocycles. The second-order valence-electron chi connectivity index (χ2n) is 27.6. The van der Waals surface area contributed by atoms with Crippen LogP contribution in [0.5, 0.6) is 0 Å². The number of aliphatic hydroxyl groups excluding tert-OH is 1. The molecule has 0 heterocycles. The van der Waals surface area contributed by atoms with Gasteiger partial charge in [-0.2, -0.15) is 0 Å². The molecule has 0 aromatic heterocycles. The smallest absolute Gasteiger partial charge is 0.462 e. The molecule has 0 aromatic rings.